The molecule has 3 rings (SSSR count). The van der Waals surface area contributed by atoms with Gasteiger partial charge in [0.1, 0.15) is 6.33 Å². The van der Waals surface area contributed by atoms with Crippen molar-refractivity contribution in [2.45, 2.75) is 0 Å². The van der Waals surface area contributed by atoms with Crippen LogP contribution in [0.3, 0.4) is 0 Å². The van der Waals surface area contributed by atoms with Crippen molar-refractivity contribution in [2.24, 2.45) is 10.2 Å². The van der Waals surface area contributed by atoms with Crippen LogP contribution in [0.25, 0.3) is 10.9 Å². The summed E-state index contributed by atoms with van der Waals surface area (Å²) in [5.41, 5.74) is -0.488. The first-order chi connectivity index (χ1) is 9.66. The number of rotatable bonds is 2. The van der Waals surface area contributed by atoms with Gasteiger partial charge in [0.25, 0.3) is 11.5 Å². The van der Waals surface area contributed by atoms with Crippen molar-refractivity contribution in [3.63, 3.8) is 0 Å². The van der Waals surface area contributed by atoms with E-state index in [0.29, 0.717) is 15.9 Å². The van der Waals surface area contributed by atoms with Crippen LogP contribution in [0, 0.1) is 0 Å². The maximum Gasteiger partial charge on any atom is 0.280 e. The number of H-pyrrole nitrogens is 2. The van der Waals surface area contributed by atoms with Crippen LogP contribution in [-0.4, -0.2) is 25.3 Å². The lowest BCUT2D eigenvalue weighted by molar-refractivity contribution is 0.481. The van der Waals surface area contributed by atoms with Crippen LogP contribution in [0.4, 0.5) is 11.6 Å². The molecule has 100 valence electrons. The van der Waals surface area contributed by atoms with Crippen LogP contribution in [0.2, 0.25) is 5.02 Å². The van der Waals surface area contributed by atoms with E-state index in [1.165, 1.54) is 6.33 Å². The van der Waals surface area contributed by atoms with E-state index in [0.717, 1.165) is 0 Å². The Labute approximate surface area is 116 Å². The van der Waals surface area contributed by atoms with Gasteiger partial charge < -0.3 is 10.1 Å². The largest absolute Gasteiger partial charge is 0.505 e. The number of fused-ring (bicyclic) bond motifs is 1. The first-order valence-electron chi connectivity index (χ1n) is 5.47. The number of aromatic hydroxyl groups is 1. The number of halogens is 1. The third-order valence-electron chi connectivity index (χ3n) is 2.59. The second kappa shape index (κ2) is 4.74. The van der Waals surface area contributed by atoms with E-state index in [1.54, 1.807) is 18.2 Å². The normalized spacial score (nSPS) is 11.4. The topological polar surface area (TPSA) is 119 Å². The Morgan fingerprint density at radius 3 is 2.90 bits per heavy atom. The first-order valence-corrected chi connectivity index (χ1v) is 5.85. The number of pyridine rings is 1. The highest BCUT2D eigenvalue weighted by Crippen LogP contribution is 2.33. The minimum atomic E-state index is -0.605. The molecule has 0 bridgehead atoms. The lowest BCUT2D eigenvalue weighted by atomic mass is 10.2. The van der Waals surface area contributed by atoms with E-state index >= 15 is 0 Å². The predicted molar refractivity (Wildman–Crippen MR) is 71.8 cm³/mol. The molecule has 20 heavy (non-hydrogen) atoms. The van der Waals surface area contributed by atoms with Gasteiger partial charge in [0, 0.05) is 5.39 Å². The number of hydrogen-bond donors (Lipinski definition) is 3. The zero-order chi connectivity index (χ0) is 14.1. The Morgan fingerprint density at radius 1 is 1.30 bits per heavy atom. The molecule has 2 aromatic heterocycles. The summed E-state index contributed by atoms with van der Waals surface area (Å²) < 4.78 is 0. The highest BCUT2D eigenvalue weighted by atomic mass is 35.5. The van der Waals surface area contributed by atoms with Crippen molar-refractivity contribution >= 4 is 34.1 Å². The molecule has 0 spiro atoms. The monoisotopic (exact) mass is 290 g/mol. The summed E-state index contributed by atoms with van der Waals surface area (Å²) in [6.45, 7) is 0. The summed E-state index contributed by atoms with van der Waals surface area (Å²) in [7, 11) is 0. The molecule has 3 aromatic rings. The fourth-order valence-electron chi connectivity index (χ4n) is 1.69. The SMILES string of the molecule is O=c1[nH]c2c(Cl)cccc2c(O)c1N=Nc1ncn[nH]1. The molecule has 8 nitrogen and oxygen atoms in total. The van der Waals surface area contributed by atoms with E-state index in [4.69, 9.17) is 11.6 Å². The second-order valence-corrected chi connectivity index (χ2v) is 4.23. The van der Waals surface area contributed by atoms with E-state index in [1.807, 2.05) is 0 Å². The first kappa shape index (κ1) is 12.3. The molecule has 9 heteroatoms. The molecule has 1 aromatic carbocycles. The zero-order valence-electron chi connectivity index (χ0n) is 9.83. The van der Waals surface area contributed by atoms with Gasteiger partial charge in [-0.25, -0.2) is 5.10 Å². The molecular weight excluding hydrogens is 284 g/mol. The number of aromatic nitrogens is 4. The summed E-state index contributed by atoms with van der Waals surface area (Å²) in [5.74, 6) is -0.176. The molecule has 0 unspecified atom stereocenters. The Hall–Kier alpha value is -2.74. The molecule has 0 aliphatic carbocycles. The van der Waals surface area contributed by atoms with Crippen LogP contribution >= 0.6 is 11.6 Å². The second-order valence-electron chi connectivity index (χ2n) is 3.82. The Balaban J connectivity index is 2.19. The molecule has 0 atom stereocenters. The molecule has 0 amide bonds. The minimum Gasteiger partial charge on any atom is -0.505 e. The number of para-hydroxylation sites is 1. The maximum absolute atomic E-state index is 11.9. The highest BCUT2D eigenvalue weighted by molar-refractivity contribution is 6.35. The van der Waals surface area contributed by atoms with E-state index in [9.17, 15) is 9.90 Å². The van der Waals surface area contributed by atoms with Crippen molar-refractivity contribution in [2.75, 3.05) is 0 Å². The van der Waals surface area contributed by atoms with Gasteiger partial charge in [-0.1, -0.05) is 17.7 Å². The van der Waals surface area contributed by atoms with Crippen LogP contribution in [0.5, 0.6) is 5.75 Å². The number of nitrogens with one attached hydrogen (secondary N) is 2. The number of nitrogens with zero attached hydrogens (tertiary/aromatic N) is 4. The van der Waals surface area contributed by atoms with Gasteiger partial charge in [-0.3, -0.25) is 4.79 Å². The number of hydrogen-bond acceptors (Lipinski definition) is 6. The lowest BCUT2D eigenvalue weighted by Gasteiger charge is -2.04. The summed E-state index contributed by atoms with van der Waals surface area (Å²) in [6.07, 6.45) is 1.25. The maximum atomic E-state index is 11.9. The van der Waals surface area contributed by atoms with Crippen molar-refractivity contribution in [1.29, 1.82) is 0 Å². The van der Waals surface area contributed by atoms with Gasteiger partial charge >= 0.3 is 0 Å². The molecular formula is C11H7ClN6O2. The van der Waals surface area contributed by atoms with Gasteiger partial charge in [0.2, 0.25) is 0 Å². The van der Waals surface area contributed by atoms with Crippen LogP contribution in [0.15, 0.2) is 39.5 Å². The van der Waals surface area contributed by atoms with Gasteiger partial charge in [-0.15, -0.1) is 10.2 Å². The van der Waals surface area contributed by atoms with E-state index in [2.05, 4.69) is 30.4 Å². The minimum absolute atomic E-state index is 0.120. The summed E-state index contributed by atoms with van der Waals surface area (Å²) >= 11 is 5.95. The smallest absolute Gasteiger partial charge is 0.280 e. The Morgan fingerprint density at radius 2 is 2.15 bits per heavy atom. The molecule has 0 saturated heterocycles. The summed E-state index contributed by atoms with van der Waals surface area (Å²) in [6, 6.07) is 4.87. The molecule has 0 fully saturated rings. The van der Waals surface area contributed by atoms with Gasteiger partial charge in [-0.05, 0) is 12.1 Å². The third kappa shape index (κ3) is 2.01. The van der Waals surface area contributed by atoms with Crippen molar-refractivity contribution in [3.05, 3.63) is 39.9 Å². The molecule has 0 saturated carbocycles. The Bertz CT molecular complexity index is 855. The Kier molecular flexibility index (Phi) is 2.92. The van der Waals surface area contributed by atoms with Crippen molar-refractivity contribution in [1.82, 2.24) is 20.2 Å². The fourth-order valence-corrected chi connectivity index (χ4v) is 1.92. The number of azo groups is 1. The molecule has 3 N–H and O–H groups in total. The van der Waals surface area contributed by atoms with Crippen LogP contribution in [0.1, 0.15) is 0 Å². The predicted octanol–water partition coefficient (Wildman–Crippen LogP) is 2.42. The molecule has 0 aliphatic heterocycles. The summed E-state index contributed by atoms with van der Waals surface area (Å²) in [4.78, 5) is 18.2. The van der Waals surface area contributed by atoms with E-state index < -0.39 is 5.56 Å². The fraction of sp³-hybridized carbons (Fsp3) is 0. The quantitative estimate of drug-likeness (QED) is 0.628. The average molecular weight is 291 g/mol. The number of aromatic amines is 2. The zero-order valence-corrected chi connectivity index (χ0v) is 10.6. The third-order valence-corrected chi connectivity index (χ3v) is 2.91. The van der Waals surface area contributed by atoms with Crippen LogP contribution < -0.4 is 5.56 Å². The van der Waals surface area contributed by atoms with Crippen molar-refractivity contribution in [3.8, 4) is 5.75 Å². The highest BCUT2D eigenvalue weighted by Gasteiger charge is 2.13. The molecule has 2 heterocycles. The average Bonchev–Trinajstić information content (AvgIpc) is 2.93. The molecule has 0 radical (unpaired) electrons. The standard InChI is InChI=1S/C11H7ClN6O2/c12-6-3-1-2-5-7(6)15-10(20)8(9(5)19)16-18-11-13-4-14-17-11/h1-4H,(H,13,14,17)(H2,15,19,20). The van der Waals surface area contributed by atoms with E-state index in [-0.39, 0.29) is 17.4 Å². The summed E-state index contributed by atoms with van der Waals surface area (Å²) in [5, 5.41) is 24.2. The number of benzene rings is 1. The van der Waals surface area contributed by atoms with Gasteiger partial charge in [-0.2, -0.15) is 10.1 Å². The molecule has 0 aliphatic rings. The lowest BCUT2D eigenvalue weighted by Crippen LogP contribution is -2.05. The van der Waals surface area contributed by atoms with Gasteiger partial charge in [0.05, 0.1) is 10.5 Å². The van der Waals surface area contributed by atoms with Crippen molar-refractivity contribution < 1.29 is 5.11 Å². The van der Waals surface area contributed by atoms with Crippen LogP contribution in [-0.2, 0) is 0 Å². The van der Waals surface area contributed by atoms with Gasteiger partial charge in [0.15, 0.2) is 11.4 Å².